The third-order valence-electron chi connectivity index (χ3n) is 5.42. The molecule has 0 atom stereocenters. The van der Waals surface area contributed by atoms with E-state index in [0.717, 1.165) is 38.5 Å². The number of anilines is 1. The van der Waals surface area contributed by atoms with E-state index in [1.807, 2.05) is 0 Å². The summed E-state index contributed by atoms with van der Waals surface area (Å²) in [7, 11) is 1.74. The van der Waals surface area contributed by atoms with Crippen LogP contribution in [0.15, 0.2) is 60.7 Å². The Bertz CT molecular complexity index is 898. The lowest BCUT2D eigenvalue weighted by atomic mass is 10.0. The molecule has 1 heterocycles. The Balaban J connectivity index is 1.48. The summed E-state index contributed by atoms with van der Waals surface area (Å²) in [5, 5.41) is 2.50. The van der Waals surface area contributed by atoms with Crippen LogP contribution in [0.4, 0.5) is 5.69 Å². The molecule has 3 aromatic carbocycles. The van der Waals surface area contributed by atoms with E-state index in [9.17, 15) is 0 Å². The van der Waals surface area contributed by atoms with E-state index in [0.29, 0.717) is 0 Å². The van der Waals surface area contributed by atoms with E-state index in [1.165, 1.54) is 27.6 Å². The SMILES string of the molecule is COc1ccc(CN2CCN(c3ccccc3C)CC2)c2ccccc12. The molecular formula is C23H26N2O. The van der Waals surface area contributed by atoms with Crippen LogP contribution in [0.1, 0.15) is 11.1 Å². The average molecular weight is 346 g/mol. The van der Waals surface area contributed by atoms with Crippen molar-refractivity contribution in [1.82, 2.24) is 4.90 Å². The highest BCUT2D eigenvalue weighted by Gasteiger charge is 2.19. The van der Waals surface area contributed by atoms with Crippen LogP contribution in [0.25, 0.3) is 10.8 Å². The quantitative estimate of drug-likeness (QED) is 0.693. The molecule has 0 aromatic heterocycles. The lowest BCUT2D eigenvalue weighted by Gasteiger charge is -2.37. The van der Waals surface area contributed by atoms with Gasteiger partial charge in [-0.2, -0.15) is 0 Å². The lowest BCUT2D eigenvalue weighted by Crippen LogP contribution is -2.46. The molecule has 134 valence electrons. The second kappa shape index (κ2) is 7.38. The molecule has 4 rings (SSSR count). The van der Waals surface area contributed by atoms with Gasteiger partial charge in [0.15, 0.2) is 0 Å². The molecule has 26 heavy (non-hydrogen) atoms. The van der Waals surface area contributed by atoms with Crippen molar-refractivity contribution >= 4 is 16.5 Å². The van der Waals surface area contributed by atoms with E-state index in [1.54, 1.807) is 7.11 Å². The Morgan fingerprint density at radius 3 is 2.23 bits per heavy atom. The van der Waals surface area contributed by atoms with Crippen LogP contribution in [-0.4, -0.2) is 38.2 Å². The van der Waals surface area contributed by atoms with Crippen molar-refractivity contribution in [2.75, 3.05) is 38.2 Å². The predicted octanol–water partition coefficient (Wildman–Crippen LogP) is 4.48. The number of methoxy groups -OCH3 is 1. The molecule has 1 saturated heterocycles. The smallest absolute Gasteiger partial charge is 0.126 e. The highest BCUT2D eigenvalue weighted by molar-refractivity contribution is 5.91. The first-order valence-electron chi connectivity index (χ1n) is 9.34. The van der Waals surface area contributed by atoms with Crippen LogP contribution in [-0.2, 0) is 6.54 Å². The topological polar surface area (TPSA) is 15.7 Å². The Morgan fingerprint density at radius 2 is 1.50 bits per heavy atom. The van der Waals surface area contributed by atoms with Crippen LogP contribution in [0.2, 0.25) is 0 Å². The molecule has 0 spiro atoms. The zero-order valence-electron chi connectivity index (χ0n) is 15.6. The fraction of sp³-hybridized carbons (Fsp3) is 0.304. The zero-order valence-corrected chi connectivity index (χ0v) is 15.6. The number of rotatable bonds is 4. The minimum absolute atomic E-state index is 0.953. The maximum atomic E-state index is 5.53. The first-order chi connectivity index (χ1) is 12.8. The maximum Gasteiger partial charge on any atom is 0.126 e. The van der Waals surface area contributed by atoms with Gasteiger partial charge in [-0.25, -0.2) is 0 Å². The maximum absolute atomic E-state index is 5.53. The van der Waals surface area contributed by atoms with E-state index >= 15 is 0 Å². The van der Waals surface area contributed by atoms with Gasteiger partial charge in [-0.1, -0.05) is 48.5 Å². The summed E-state index contributed by atoms with van der Waals surface area (Å²) in [6.45, 7) is 7.54. The molecule has 3 nitrogen and oxygen atoms in total. The summed E-state index contributed by atoms with van der Waals surface area (Å²) in [5.74, 6) is 0.953. The fourth-order valence-corrected chi connectivity index (χ4v) is 3.96. The third kappa shape index (κ3) is 3.27. The molecule has 3 aromatic rings. The van der Waals surface area contributed by atoms with Crippen LogP contribution >= 0.6 is 0 Å². The number of para-hydroxylation sites is 1. The second-order valence-corrected chi connectivity index (χ2v) is 7.02. The van der Waals surface area contributed by atoms with Crippen LogP contribution < -0.4 is 9.64 Å². The van der Waals surface area contributed by atoms with Gasteiger partial charge in [0.2, 0.25) is 0 Å². The first-order valence-corrected chi connectivity index (χ1v) is 9.34. The van der Waals surface area contributed by atoms with Gasteiger partial charge in [0.25, 0.3) is 0 Å². The number of piperazine rings is 1. The minimum Gasteiger partial charge on any atom is -0.496 e. The third-order valence-corrected chi connectivity index (χ3v) is 5.42. The van der Waals surface area contributed by atoms with Crippen LogP contribution in [0.5, 0.6) is 5.75 Å². The van der Waals surface area contributed by atoms with Gasteiger partial charge in [-0.3, -0.25) is 4.90 Å². The van der Waals surface area contributed by atoms with E-state index in [-0.39, 0.29) is 0 Å². The van der Waals surface area contributed by atoms with Gasteiger partial charge < -0.3 is 9.64 Å². The largest absolute Gasteiger partial charge is 0.496 e. The molecule has 0 aliphatic carbocycles. The van der Waals surface area contributed by atoms with Crippen molar-refractivity contribution in [3.63, 3.8) is 0 Å². The Labute approximate surface area is 155 Å². The normalized spacial score (nSPS) is 15.4. The number of hydrogen-bond acceptors (Lipinski definition) is 3. The molecule has 0 N–H and O–H groups in total. The number of fused-ring (bicyclic) bond motifs is 1. The summed E-state index contributed by atoms with van der Waals surface area (Å²) in [4.78, 5) is 5.07. The number of aryl methyl sites for hydroxylation is 1. The van der Waals surface area contributed by atoms with Gasteiger partial charge in [0.1, 0.15) is 5.75 Å². The van der Waals surface area contributed by atoms with Crippen molar-refractivity contribution in [2.24, 2.45) is 0 Å². The Morgan fingerprint density at radius 1 is 0.808 bits per heavy atom. The molecule has 0 amide bonds. The first kappa shape index (κ1) is 16.9. The summed E-state index contributed by atoms with van der Waals surface area (Å²) in [5.41, 5.74) is 4.12. The highest BCUT2D eigenvalue weighted by Crippen LogP contribution is 2.29. The standard InChI is InChI=1S/C23H26N2O/c1-18-7-3-6-10-22(18)25-15-13-24(14-16-25)17-19-11-12-23(26-2)21-9-5-4-8-20(19)21/h3-12H,13-17H2,1-2H3. The van der Waals surface area contributed by atoms with Gasteiger partial charge in [0, 0.05) is 43.8 Å². The summed E-state index contributed by atoms with van der Waals surface area (Å²) in [6, 6.07) is 21.5. The average Bonchev–Trinajstić information content (AvgIpc) is 2.69. The number of ether oxygens (including phenoxy) is 1. The van der Waals surface area contributed by atoms with Crippen LogP contribution in [0, 0.1) is 6.92 Å². The molecular weight excluding hydrogens is 320 g/mol. The minimum atomic E-state index is 0.953. The summed E-state index contributed by atoms with van der Waals surface area (Å²) >= 11 is 0. The number of nitrogens with zero attached hydrogens (tertiary/aromatic N) is 2. The van der Waals surface area contributed by atoms with Crippen molar-refractivity contribution < 1.29 is 4.74 Å². The van der Waals surface area contributed by atoms with Crippen molar-refractivity contribution in [3.05, 3.63) is 71.8 Å². The van der Waals surface area contributed by atoms with Gasteiger partial charge in [-0.15, -0.1) is 0 Å². The molecule has 0 bridgehead atoms. The van der Waals surface area contributed by atoms with Crippen molar-refractivity contribution in [1.29, 1.82) is 0 Å². The van der Waals surface area contributed by atoms with Crippen molar-refractivity contribution in [2.45, 2.75) is 13.5 Å². The van der Waals surface area contributed by atoms with E-state index in [4.69, 9.17) is 4.74 Å². The lowest BCUT2D eigenvalue weighted by molar-refractivity contribution is 0.250. The number of benzene rings is 3. The fourth-order valence-electron chi connectivity index (χ4n) is 3.96. The molecule has 1 aliphatic heterocycles. The van der Waals surface area contributed by atoms with Gasteiger partial charge in [0.05, 0.1) is 7.11 Å². The van der Waals surface area contributed by atoms with Gasteiger partial charge in [-0.05, 0) is 35.6 Å². The molecule has 1 fully saturated rings. The predicted molar refractivity (Wildman–Crippen MR) is 109 cm³/mol. The Hall–Kier alpha value is -2.52. The van der Waals surface area contributed by atoms with E-state index < -0.39 is 0 Å². The van der Waals surface area contributed by atoms with Crippen molar-refractivity contribution in [3.8, 4) is 5.75 Å². The number of hydrogen-bond donors (Lipinski definition) is 0. The molecule has 3 heteroatoms. The van der Waals surface area contributed by atoms with E-state index in [2.05, 4.69) is 77.4 Å². The summed E-state index contributed by atoms with van der Waals surface area (Å²) in [6.07, 6.45) is 0. The molecule has 0 radical (unpaired) electrons. The highest BCUT2D eigenvalue weighted by atomic mass is 16.5. The second-order valence-electron chi connectivity index (χ2n) is 7.02. The zero-order chi connectivity index (χ0) is 17.9. The van der Waals surface area contributed by atoms with Crippen LogP contribution in [0.3, 0.4) is 0 Å². The molecule has 0 unspecified atom stereocenters. The molecule has 0 saturated carbocycles. The molecule has 1 aliphatic rings. The summed E-state index contributed by atoms with van der Waals surface area (Å²) < 4.78 is 5.53. The Kier molecular flexibility index (Phi) is 4.81. The monoisotopic (exact) mass is 346 g/mol. The van der Waals surface area contributed by atoms with Gasteiger partial charge >= 0.3 is 0 Å².